The van der Waals surface area contributed by atoms with Crippen LogP contribution in [0.15, 0.2) is 59.6 Å². The molecule has 0 fully saturated rings. The molecule has 0 N–H and O–H groups in total. The zero-order chi connectivity index (χ0) is 18.0. The highest BCUT2D eigenvalue weighted by Crippen LogP contribution is 2.32. The molecule has 1 heterocycles. The van der Waals surface area contributed by atoms with E-state index in [9.17, 15) is 19.7 Å². The summed E-state index contributed by atoms with van der Waals surface area (Å²) in [6.45, 7) is 0.217. The van der Waals surface area contributed by atoms with E-state index in [-0.39, 0.29) is 22.8 Å². The lowest BCUT2D eigenvalue weighted by atomic mass is 10.1. The fourth-order valence-corrected chi connectivity index (χ4v) is 2.93. The molecule has 0 aliphatic carbocycles. The van der Waals surface area contributed by atoms with Gasteiger partial charge in [0.15, 0.2) is 0 Å². The first-order valence-corrected chi connectivity index (χ1v) is 7.91. The van der Waals surface area contributed by atoms with E-state index in [2.05, 4.69) is 0 Å². The van der Waals surface area contributed by atoms with Crippen molar-refractivity contribution in [3.63, 3.8) is 0 Å². The highest BCUT2D eigenvalue weighted by atomic mass is 35.5. The molecule has 0 unspecified atom stereocenters. The average molecular weight is 357 g/mol. The van der Waals surface area contributed by atoms with Crippen LogP contribution >= 0.6 is 11.6 Å². The van der Waals surface area contributed by atoms with Gasteiger partial charge in [0.05, 0.1) is 10.5 Å². The minimum Gasteiger partial charge on any atom is -0.273 e. The molecule has 3 rings (SSSR count). The van der Waals surface area contributed by atoms with E-state index in [1.165, 1.54) is 24.3 Å². The number of rotatable bonds is 5. The third-order valence-corrected chi connectivity index (χ3v) is 4.30. The monoisotopic (exact) mass is 356 g/mol. The van der Waals surface area contributed by atoms with E-state index in [0.29, 0.717) is 12.0 Å². The number of hydrogen-bond donors (Lipinski definition) is 0. The van der Waals surface area contributed by atoms with Crippen molar-refractivity contribution in [2.45, 2.75) is 6.42 Å². The van der Waals surface area contributed by atoms with Crippen molar-refractivity contribution >= 4 is 34.7 Å². The number of halogens is 1. The molecule has 25 heavy (non-hydrogen) atoms. The number of nitrogens with zero attached hydrogens (tertiary/aromatic N) is 2. The molecule has 0 saturated carbocycles. The highest BCUT2D eigenvalue weighted by molar-refractivity contribution is 6.55. The Labute approximate surface area is 148 Å². The molecular weight excluding hydrogens is 344 g/mol. The average Bonchev–Trinajstić information content (AvgIpc) is 2.83. The second-order valence-corrected chi connectivity index (χ2v) is 5.87. The summed E-state index contributed by atoms with van der Waals surface area (Å²) in [5, 5.41) is 10.6. The van der Waals surface area contributed by atoms with Gasteiger partial charge in [-0.3, -0.25) is 24.6 Å². The Morgan fingerprint density at radius 3 is 2.20 bits per heavy atom. The number of carbonyl (C=O) groups excluding carboxylic acids is 2. The van der Waals surface area contributed by atoms with Crippen molar-refractivity contribution in [1.82, 2.24) is 4.90 Å². The number of carbonyl (C=O) groups is 2. The topological polar surface area (TPSA) is 80.5 Å². The van der Waals surface area contributed by atoms with Crippen LogP contribution in [-0.4, -0.2) is 28.2 Å². The zero-order valence-corrected chi connectivity index (χ0v) is 13.8. The van der Waals surface area contributed by atoms with Gasteiger partial charge in [-0.15, -0.1) is 0 Å². The van der Waals surface area contributed by atoms with Gasteiger partial charge in [-0.2, -0.15) is 0 Å². The van der Waals surface area contributed by atoms with Crippen LogP contribution < -0.4 is 0 Å². The molecule has 1 aliphatic heterocycles. The zero-order valence-electron chi connectivity index (χ0n) is 13.0. The van der Waals surface area contributed by atoms with Crippen LogP contribution in [0.25, 0.3) is 5.57 Å². The fraction of sp³-hybridized carbons (Fsp3) is 0.111. The van der Waals surface area contributed by atoms with E-state index in [4.69, 9.17) is 11.6 Å². The Kier molecular flexibility index (Phi) is 4.63. The van der Waals surface area contributed by atoms with Crippen LogP contribution in [-0.2, 0) is 16.0 Å². The molecule has 1 aliphatic rings. The maximum atomic E-state index is 12.6. The van der Waals surface area contributed by atoms with Crippen molar-refractivity contribution < 1.29 is 14.5 Å². The van der Waals surface area contributed by atoms with Crippen LogP contribution in [0.5, 0.6) is 0 Å². The summed E-state index contributed by atoms with van der Waals surface area (Å²) < 4.78 is 0. The molecule has 6 nitrogen and oxygen atoms in total. The molecule has 0 bridgehead atoms. The highest BCUT2D eigenvalue weighted by Gasteiger charge is 2.37. The molecule has 7 heteroatoms. The van der Waals surface area contributed by atoms with Gasteiger partial charge in [0, 0.05) is 18.7 Å². The third kappa shape index (κ3) is 3.29. The minimum atomic E-state index is -0.545. The largest absolute Gasteiger partial charge is 0.273 e. The van der Waals surface area contributed by atoms with Gasteiger partial charge in [-0.1, -0.05) is 41.9 Å². The summed E-state index contributed by atoms with van der Waals surface area (Å²) in [4.78, 5) is 36.2. The Morgan fingerprint density at radius 1 is 0.960 bits per heavy atom. The van der Waals surface area contributed by atoms with Crippen LogP contribution in [0.1, 0.15) is 11.1 Å². The Bertz CT molecular complexity index is 876. The summed E-state index contributed by atoms with van der Waals surface area (Å²) in [6.07, 6.45) is 0.524. The Morgan fingerprint density at radius 2 is 1.60 bits per heavy atom. The quantitative estimate of drug-likeness (QED) is 0.468. The number of nitro benzene ring substituents is 1. The van der Waals surface area contributed by atoms with Crippen LogP contribution in [0.4, 0.5) is 5.69 Å². The number of nitro groups is 1. The maximum absolute atomic E-state index is 12.6. The molecular formula is C18H13ClN2O4. The lowest BCUT2D eigenvalue weighted by molar-refractivity contribution is -0.384. The number of hydrogen-bond acceptors (Lipinski definition) is 4. The first-order valence-electron chi connectivity index (χ1n) is 7.54. The van der Waals surface area contributed by atoms with E-state index < -0.39 is 16.7 Å². The lowest BCUT2D eigenvalue weighted by Gasteiger charge is -2.14. The van der Waals surface area contributed by atoms with Gasteiger partial charge in [-0.25, -0.2) is 0 Å². The van der Waals surface area contributed by atoms with Gasteiger partial charge >= 0.3 is 0 Å². The summed E-state index contributed by atoms with van der Waals surface area (Å²) in [7, 11) is 0. The molecule has 2 aromatic carbocycles. The molecule has 126 valence electrons. The number of non-ortho nitro benzene ring substituents is 1. The van der Waals surface area contributed by atoms with E-state index >= 15 is 0 Å². The van der Waals surface area contributed by atoms with Crippen LogP contribution in [0.3, 0.4) is 0 Å². The van der Waals surface area contributed by atoms with Gasteiger partial charge in [0.25, 0.3) is 17.5 Å². The van der Waals surface area contributed by atoms with Crippen molar-refractivity contribution in [1.29, 1.82) is 0 Å². The molecule has 2 aromatic rings. The summed E-state index contributed by atoms with van der Waals surface area (Å²) >= 11 is 6.07. The number of imide groups is 1. The van der Waals surface area contributed by atoms with Gasteiger partial charge in [0.2, 0.25) is 0 Å². The standard InChI is InChI=1S/C18H13ClN2O4/c19-16-15(13-6-8-14(9-7-13)21(24)25)17(22)20(18(16)23)11-10-12-4-2-1-3-5-12/h1-9H,10-11H2. The Hall–Kier alpha value is -2.99. The fourth-order valence-electron chi connectivity index (χ4n) is 2.64. The molecule has 2 amide bonds. The van der Waals surface area contributed by atoms with E-state index in [0.717, 1.165) is 10.5 Å². The van der Waals surface area contributed by atoms with Crippen molar-refractivity contribution in [2.75, 3.05) is 6.54 Å². The van der Waals surface area contributed by atoms with Crippen LogP contribution in [0.2, 0.25) is 0 Å². The molecule has 0 aromatic heterocycles. The predicted octanol–water partition coefficient (Wildman–Crippen LogP) is 3.16. The molecule has 0 atom stereocenters. The van der Waals surface area contributed by atoms with Gasteiger partial charge in [0.1, 0.15) is 5.03 Å². The maximum Gasteiger partial charge on any atom is 0.273 e. The number of amides is 2. The molecule has 0 spiro atoms. The van der Waals surface area contributed by atoms with Crippen molar-refractivity contribution in [2.24, 2.45) is 0 Å². The summed E-state index contributed by atoms with van der Waals surface area (Å²) in [6, 6.07) is 14.9. The van der Waals surface area contributed by atoms with Crippen molar-refractivity contribution in [3.05, 3.63) is 80.9 Å². The van der Waals surface area contributed by atoms with Gasteiger partial charge in [-0.05, 0) is 29.7 Å². The second-order valence-electron chi connectivity index (χ2n) is 5.49. The lowest BCUT2D eigenvalue weighted by Crippen LogP contribution is -2.33. The van der Waals surface area contributed by atoms with Crippen LogP contribution in [0, 0.1) is 10.1 Å². The molecule has 0 saturated heterocycles. The number of benzene rings is 2. The Balaban J connectivity index is 1.80. The second kappa shape index (κ2) is 6.86. The first kappa shape index (κ1) is 16.9. The van der Waals surface area contributed by atoms with E-state index in [1.807, 2.05) is 30.3 Å². The smallest absolute Gasteiger partial charge is 0.273 e. The summed E-state index contributed by atoms with van der Waals surface area (Å²) in [5.74, 6) is -1.03. The molecule has 0 radical (unpaired) electrons. The predicted molar refractivity (Wildman–Crippen MR) is 92.7 cm³/mol. The summed E-state index contributed by atoms with van der Waals surface area (Å²) in [5.41, 5.74) is 1.37. The minimum absolute atomic E-state index is 0.0784. The SMILES string of the molecule is O=C1C(Cl)=C(c2ccc([N+](=O)[O-])cc2)C(=O)N1CCc1ccccc1. The normalized spacial score (nSPS) is 14.4. The van der Waals surface area contributed by atoms with Crippen molar-refractivity contribution in [3.8, 4) is 0 Å². The third-order valence-electron chi connectivity index (χ3n) is 3.95. The van der Waals surface area contributed by atoms with Gasteiger partial charge < -0.3 is 0 Å². The first-order chi connectivity index (χ1) is 12.0. The van der Waals surface area contributed by atoms with E-state index in [1.54, 1.807) is 0 Å².